The quantitative estimate of drug-likeness (QED) is 0.766. The number of benzene rings is 2. The molecule has 130 valence electrons. The molecular formula is C21H24N2O2. The lowest BCUT2D eigenvalue weighted by molar-refractivity contribution is 0.106. The lowest BCUT2D eigenvalue weighted by Crippen LogP contribution is -2.34. The molecule has 2 aromatic carbocycles. The second-order valence-electron chi connectivity index (χ2n) is 6.84. The average Bonchev–Trinajstić information content (AvgIpc) is 2.96. The molecule has 0 saturated heterocycles. The molecule has 0 saturated carbocycles. The van der Waals surface area contributed by atoms with Crippen LogP contribution in [0.4, 0.5) is 0 Å². The second kappa shape index (κ2) is 6.54. The molecule has 3 aromatic rings. The summed E-state index contributed by atoms with van der Waals surface area (Å²) in [5, 5.41) is 12.0. The Morgan fingerprint density at radius 2 is 2.00 bits per heavy atom. The van der Waals surface area contributed by atoms with Crippen molar-refractivity contribution in [2.24, 2.45) is 0 Å². The number of aliphatic hydroxyl groups is 1. The van der Waals surface area contributed by atoms with Crippen molar-refractivity contribution in [3.8, 4) is 5.75 Å². The molecule has 4 rings (SSSR count). The summed E-state index contributed by atoms with van der Waals surface area (Å²) in [5.74, 6) is 0.812. The Morgan fingerprint density at radius 3 is 2.80 bits per heavy atom. The highest BCUT2D eigenvalue weighted by Gasteiger charge is 2.22. The van der Waals surface area contributed by atoms with Crippen LogP contribution < -0.4 is 4.74 Å². The SMILES string of the molecule is COc1ccc2[nH]c(C)c(C(O)CN3CCc4ccccc4C3)c2c1. The third-order valence-electron chi connectivity index (χ3n) is 5.22. The van der Waals surface area contributed by atoms with Gasteiger partial charge >= 0.3 is 0 Å². The molecule has 4 heteroatoms. The minimum Gasteiger partial charge on any atom is -0.497 e. The van der Waals surface area contributed by atoms with Crippen LogP contribution in [-0.2, 0) is 13.0 Å². The Bertz CT molecular complexity index is 900. The second-order valence-corrected chi connectivity index (χ2v) is 6.84. The van der Waals surface area contributed by atoms with E-state index in [1.165, 1.54) is 11.1 Å². The molecule has 0 aliphatic carbocycles. The van der Waals surface area contributed by atoms with Crippen molar-refractivity contribution in [2.45, 2.75) is 26.0 Å². The number of aliphatic hydroxyl groups excluding tert-OH is 1. The highest BCUT2D eigenvalue weighted by Crippen LogP contribution is 2.32. The third kappa shape index (κ3) is 3.03. The summed E-state index contributed by atoms with van der Waals surface area (Å²) in [7, 11) is 1.67. The molecule has 1 aliphatic rings. The lowest BCUT2D eigenvalue weighted by Gasteiger charge is -2.30. The minimum absolute atomic E-state index is 0.522. The maximum atomic E-state index is 10.9. The first-order valence-electron chi connectivity index (χ1n) is 8.79. The predicted octanol–water partition coefficient (Wildman–Crippen LogP) is 3.58. The lowest BCUT2D eigenvalue weighted by atomic mass is 9.98. The average molecular weight is 336 g/mol. The Hall–Kier alpha value is -2.30. The van der Waals surface area contributed by atoms with E-state index in [4.69, 9.17) is 4.74 Å². The molecule has 0 amide bonds. The van der Waals surface area contributed by atoms with Crippen molar-refractivity contribution >= 4 is 10.9 Å². The number of methoxy groups -OCH3 is 1. The summed E-state index contributed by atoms with van der Waals surface area (Å²) in [4.78, 5) is 5.72. The highest BCUT2D eigenvalue weighted by molar-refractivity contribution is 5.86. The van der Waals surface area contributed by atoms with Gasteiger partial charge in [-0.1, -0.05) is 24.3 Å². The third-order valence-corrected chi connectivity index (χ3v) is 5.22. The normalized spacial score (nSPS) is 16.0. The zero-order valence-electron chi connectivity index (χ0n) is 14.7. The Labute approximate surface area is 148 Å². The monoisotopic (exact) mass is 336 g/mol. The van der Waals surface area contributed by atoms with Crippen LogP contribution in [0.1, 0.15) is 28.5 Å². The van der Waals surface area contributed by atoms with Crippen LogP contribution in [0.15, 0.2) is 42.5 Å². The summed E-state index contributed by atoms with van der Waals surface area (Å²) in [6, 6.07) is 14.5. The number of β-amino-alcohol motifs (C(OH)–C–C–N with tert-alkyl or cyclic N) is 1. The van der Waals surface area contributed by atoms with Gasteiger partial charge in [0.25, 0.3) is 0 Å². The van der Waals surface area contributed by atoms with Gasteiger partial charge in [0.05, 0.1) is 13.2 Å². The number of fused-ring (bicyclic) bond motifs is 2. The number of nitrogens with one attached hydrogen (secondary N) is 1. The number of hydrogen-bond acceptors (Lipinski definition) is 3. The van der Waals surface area contributed by atoms with E-state index in [1.807, 2.05) is 25.1 Å². The van der Waals surface area contributed by atoms with E-state index < -0.39 is 6.10 Å². The van der Waals surface area contributed by atoms with Gasteiger partial charge < -0.3 is 14.8 Å². The first kappa shape index (κ1) is 16.2. The molecule has 25 heavy (non-hydrogen) atoms. The fourth-order valence-electron chi connectivity index (χ4n) is 3.93. The number of ether oxygens (including phenoxy) is 1. The van der Waals surface area contributed by atoms with Crippen LogP contribution in [0.2, 0.25) is 0 Å². The summed E-state index contributed by atoms with van der Waals surface area (Å²) in [6.45, 7) is 4.55. The van der Waals surface area contributed by atoms with Gasteiger partial charge in [-0.2, -0.15) is 0 Å². The number of hydrogen-bond donors (Lipinski definition) is 2. The fourth-order valence-corrected chi connectivity index (χ4v) is 3.93. The van der Waals surface area contributed by atoms with Gasteiger partial charge in [-0.15, -0.1) is 0 Å². The van der Waals surface area contributed by atoms with Crippen molar-refractivity contribution in [2.75, 3.05) is 20.2 Å². The molecule has 1 aromatic heterocycles. The predicted molar refractivity (Wildman–Crippen MR) is 100.0 cm³/mol. The summed E-state index contributed by atoms with van der Waals surface area (Å²) in [5.41, 5.74) is 5.84. The van der Waals surface area contributed by atoms with E-state index in [1.54, 1.807) is 7.11 Å². The molecule has 2 heterocycles. The molecule has 1 aliphatic heterocycles. The maximum Gasteiger partial charge on any atom is 0.119 e. The Kier molecular flexibility index (Phi) is 4.24. The van der Waals surface area contributed by atoms with E-state index in [9.17, 15) is 5.11 Å². The van der Waals surface area contributed by atoms with Crippen molar-refractivity contribution in [1.29, 1.82) is 0 Å². The molecule has 0 radical (unpaired) electrons. The highest BCUT2D eigenvalue weighted by atomic mass is 16.5. The largest absolute Gasteiger partial charge is 0.497 e. The number of aryl methyl sites for hydroxylation is 1. The van der Waals surface area contributed by atoms with E-state index in [0.29, 0.717) is 6.54 Å². The van der Waals surface area contributed by atoms with Crippen molar-refractivity contribution in [3.05, 3.63) is 64.8 Å². The van der Waals surface area contributed by atoms with Crippen LogP contribution >= 0.6 is 0 Å². The first-order valence-corrected chi connectivity index (χ1v) is 8.79. The molecule has 1 atom stereocenters. The molecule has 0 fully saturated rings. The Morgan fingerprint density at radius 1 is 1.20 bits per heavy atom. The van der Waals surface area contributed by atoms with E-state index in [-0.39, 0.29) is 0 Å². The standard InChI is InChI=1S/C21H24N2O2/c1-14-21(18-11-17(25-2)7-8-19(18)22-14)20(24)13-23-10-9-15-5-3-4-6-16(15)12-23/h3-8,11,20,22,24H,9-10,12-13H2,1-2H3. The molecular weight excluding hydrogens is 312 g/mol. The van der Waals surface area contributed by atoms with Crippen molar-refractivity contribution in [3.63, 3.8) is 0 Å². The van der Waals surface area contributed by atoms with Gasteiger partial charge in [0.2, 0.25) is 0 Å². The topological polar surface area (TPSA) is 48.5 Å². The molecule has 0 bridgehead atoms. The number of nitrogens with zero attached hydrogens (tertiary/aromatic N) is 1. The fraction of sp³-hybridized carbons (Fsp3) is 0.333. The van der Waals surface area contributed by atoms with Crippen LogP contribution in [-0.4, -0.2) is 35.2 Å². The molecule has 4 nitrogen and oxygen atoms in total. The number of aromatic nitrogens is 1. The Balaban J connectivity index is 1.58. The van der Waals surface area contributed by atoms with Crippen molar-refractivity contribution in [1.82, 2.24) is 9.88 Å². The minimum atomic E-state index is -0.522. The molecule has 1 unspecified atom stereocenters. The van der Waals surface area contributed by atoms with Crippen LogP contribution in [0.3, 0.4) is 0 Å². The van der Waals surface area contributed by atoms with Crippen LogP contribution in [0, 0.1) is 6.92 Å². The van der Waals surface area contributed by atoms with E-state index in [2.05, 4.69) is 34.1 Å². The van der Waals surface area contributed by atoms with Crippen LogP contribution in [0.5, 0.6) is 5.75 Å². The number of rotatable bonds is 4. The zero-order chi connectivity index (χ0) is 17.4. The van der Waals surface area contributed by atoms with Crippen molar-refractivity contribution < 1.29 is 9.84 Å². The van der Waals surface area contributed by atoms with Gasteiger partial charge in [0, 0.05) is 41.8 Å². The number of aromatic amines is 1. The van der Waals surface area contributed by atoms with Gasteiger partial charge in [0.1, 0.15) is 5.75 Å². The van der Waals surface area contributed by atoms with Gasteiger partial charge in [0.15, 0.2) is 0 Å². The smallest absolute Gasteiger partial charge is 0.119 e. The van der Waals surface area contributed by atoms with Gasteiger partial charge in [-0.3, -0.25) is 4.90 Å². The summed E-state index contributed by atoms with van der Waals surface area (Å²) >= 11 is 0. The summed E-state index contributed by atoms with van der Waals surface area (Å²) in [6.07, 6.45) is 0.523. The zero-order valence-corrected chi connectivity index (χ0v) is 14.7. The van der Waals surface area contributed by atoms with E-state index in [0.717, 1.165) is 47.4 Å². The van der Waals surface area contributed by atoms with Gasteiger partial charge in [-0.05, 0) is 42.7 Å². The molecule has 0 spiro atoms. The first-order chi connectivity index (χ1) is 12.2. The van der Waals surface area contributed by atoms with Crippen LogP contribution in [0.25, 0.3) is 10.9 Å². The number of H-pyrrole nitrogens is 1. The maximum absolute atomic E-state index is 10.9. The summed E-state index contributed by atoms with van der Waals surface area (Å²) < 4.78 is 5.35. The van der Waals surface area contributed by atoms with E-state index >= 15 is 0 Å². The van der Waals surface area contributed by atoms with Gasteiger partial charge in [-0.25, -0.2) is 0 Å². The molecule has 2 N–H and O–H groups in total.